The van der Waals surface area contributed by atoms with Gasteiger partial charge in [-0.1, -0.05) is 26.2 Å². The summed E-state index contributed by atoms with van der Waals surface area (Å²) < 4.78 is 1.86. The van der Waals surface area contributed by atoms with E-state index in [0.29, 0.717) is 6.04 Å². The lowest BCUT2D eigenvalue weighted by atomic mass is 10.1. The highest BCUT2D eigenvalue weighted by Crippen LogP contribution is 2.03. The quantitative estimate of drug-likeness (QED) is 0.660. The van der Waals surface area contributed by atoms with Gasteiger partial charge >= 0.3 is 0 Å². The highest BCUT2D eigenvalue weighted by Gasteiger charge is 2.04. The van der Waals surface area contributed by atoms with Crippen molar-refractivity contribution in [2.24, 2.45) is 7.05 Å². The Morgan fingerprint density at radius 1 is 1.42 bits per heavy atom. The molecule has 0 aliphatic rings. The number of aryl methyl sites for hydroxylation is 1. The van der Waals surface area contributed by atoms with E-state index in [1.54, 1.807) is 0 Å². The van der Waals surface area contributed by atoms with Crippen molar-refractivity contribution < 1.29 is 0 Å². The van der Waals surface area contributed by atoms with Crippen LogP contribution in [0.5, 0.6) is 0 Å². The molecule has 0 spiro atoms. The summed E-state index contributed by atoms with van der Waals surface area (Å²) in [6.45, 7) is 7.65. The van der Waals surface area contributed by atoms with Gasteiger partial charge in [0, 0.05) is 44.5 Å². The number of hydrogen-bond acceptors (Lipinski definition) is 3. The Balaban J connectivity index is 2.08. The fourth-order valence-electron chi connectivity index (χ4n) is 2.25. The molecule has 0 radical (unpaired) electrons. The third-order valence-electron chi connectivity index (χ3n) is 3.44. The van der Waals surface area contributed by atoms with Gasteiger partial charge < -0.3 is 10.2 Å². The van der Waals surface area contributed by atoms with E-state index in [1.165, 1.54) is 31.2 Å². The lowest BCUT2D eigenvalue weighted by Gasteiger charge is -2.18. The minimum absolute atomic E-state index is 0.637. The summed E-state index contributed by atoms with van der Waals surface area (Å²) in [5, 5.41) is 7.80. The molecule has 0 aromatic carbocycles. The van der Waals surface area contributed by atoms with Gasteiger partial charge in [0.1, 0.15) is 0 Å². The second-order valence-corrected chi connectivity index (χ2v) is 5.61. The van der Waals surface area contributed by atoms with E-state index in [1.807, 2.05) is 17.9 Å². The molecule has 0 bridgehead atoms. The molecule has 4 heteroatoms. The molecule has 1 aromatic heterocycles. The van der Waals surface area contributed by atoms with Gasteiger partial charge in [-0.05, 0) is 20.4 Å². The first-order chi connectivity index (χ1) is 9.11. The monoisotopic (exact) mass is 266 g/mol. The van der Waals surface area contributed by atoms with Crippen LogP contribution in [0.25, 0.3) is 0 Å². The molecule has 1 atom stereocenters. The molecule has 1 rings (SSSR count). The normalized spacial score (nSPS) is 13.1. The van der Waals surface area contributed by atoms with Crippen molar-refractivity contribution >= 4 is 0 Å². The molecular weight excluding hydrogens is 236 g/mol. The van der Waals surface area contributed by atoms with E-state index in [0.717, 1.165) is 19.6 Å². The maximum Gasteiger partial charge on any atom is 0.0534 e. The van der Waals surface area contributed by atoms with Crippen molar-refractivity contribution in [2.75, 3.05) is 20.1 Å². The SMILES string of the molecule is CCCCCC(C)NCCN(C)Cc1cnn(C)c1. The summed E-state index contributed by atoms with van der Waals surface area (Å²) in [6.07, 6.45) is 9.32. The van der Waals surface area contributed by atoms with E-state index in [9.17, 15) is 0 Å². The van der Waals surface area contributed by atoms with Crippen LogP contribution >= 0.6 is 0 Å². The molecule has 110 valence electrons. The molecule has 19 heavy (non-hydrogen) atoms. The van der Waals surface area contributed by atoms with Crippen LogP contribution in [0.15, 0.2) is 12.4 Å². The largest absolute Gasteiger partial charge is 0.313 e. The van der Waals surface area contributed by atoms with Gasteiger partial charge in [-0.15, -0.1) is 0 Å². The van der Waals surface area contributed by atoms with Gasteiger partial charge in [-0.2, -0.15) is 5.10 Å². The first-order valence-corrected chi connectivity index (χ1v) is 7.51. The summed E-state index contributed by atoms with van der Waals surface area (Å²) in [7, 11) is 4.12. The lowest BCUT2D eigenvalue weighted by Crippen LogP contribution is -2.34. The van der Waals surface area contributed by atoms with Crippen molar-refractivity contribution in [1.82, 2.24) is 20.0 Å². The molecule has 0 fully saturated rings. The number of aromatic nitrogens is 2. The van der Waals surface area contributed by atoms with Crippen LogP contribution in [-0.2, 0) is 13.6 Å². The Bertz CT molecular complexity index is 335. The van der Waals surface area contributed by atoms with Crippen LogP contribution in [-0.4, -0.2) is 40.9 Å². The number of unbranched alkanes of at least 4 members (excludes halogenated alkanes) is 2. The lowest BCUT2D eigenvalue weighted by molar-refractivity contribution is 0.315. The third-order valence-corrected chi connectivity index (χ3v) is 3.44. The summed E-state index contributed by atoms with van der Waals surface area (Å²) in [4.78, 5) is 2.34. The van der Waals surface area contributed by atoms with E-state index in [-0.39, 0.29) is 0 Å². The minimum Gasteiger partial charge on any atom is -0.313 e. The predicted molar refractivity (Wildman–Crippen MR) is 81.1 cm³/mol. The summed E-state index contributed by atoms with van der Waals surface area (Å²) in [5.41, 5.74) is 1.28. The Morgan fingerprint density at radius 3 is 2.84 bits per heavy atom. The third kappa shape index (κ3) is 7.33. The van der Waals surface area contributed by atoms with Crippen LogP contribution in [0.3, 0.4) is 0 Å². The molecule has 1 N–H and O–H groups in total. The molecular formula is C15H30N4. The molecule has 1 unspecified atom stereocenters. The van der Waals surface area contributed by atoms with Gasteiger partial charge in [-0.25, -0.2) is 0 Å². The second kappa shape index (κ2) is 9.10. The first kappa shape index (κ1) is 16.2. The van der Waals surface area contributed by atoms with Crippen molar-refractivity contribution in [3.63, 3.8) is 0 Å². The maximum absolute atomic E-state index is 4.19. The van der Waals surface area contributed by atoms with Gasteiger partial charge in [0.25, 0.3) is 0 Å². The molecule has 0 aliphatic carbocycles. The van der Waals surface area contributed by atoms with Gasteiger partial charge in [0.05, 0.1) is 6.20 Å². The maximum atomic E-state index is 4.19. The van der Waals surface area contributed by atoms with Gasteiger partial charge in [0.2, 0.25) is 0 Å². The van der Waals surface area contributed by atoms with Gasteiger partial charge in [-0.3, -0.25) is 4.68 Å². The first-order valence-electron chi connectivity index (χ1n) is 7.51. The average molecular weight is 266 g/mol. The zero-order valence-corrected chi connectivity index (χ0v) is 13.0. The summed E-state index contributed by atoms with van der Waals surface area (Å²) in [5.74, 6) is 0. The van der Waals surface area contributed by atoms with Crippen LogP contribution in [0.4, 0.5) is 0 Å². The molecule has 1 heterocycles. The number of rotatable bonds is 10. The number of nitrogens with one attached hydrogen (secondary N) is 1. The second-order valence-electron chi connectivity index (χ2n) is 5.61. The zero-order valence-electron chi connectivity index (χ0n) is 13.0. The number of nitrogens with zero attached hydrogens (tertiary/aromatic N) is 3. The minimum atomic E-state index is 0.637. The van der Waals surface area contributed by atoms with E-state index in [2.05, 4.69) is 42.4 Å². The van der Waals surface area contributed by atoms with Crippen LogP contribution in [0.2, 0.25) is 0 Å². The van der Waals surface area contributed by atoms with Crippen LogP contribution in [0.1, 0.15) is 45.1 Å². The molecule has 4 nitrogen and oxygen atoms in total. The molecule has 1 aromatic rings. The molecule has 0 saturated heterocycles. The summed E-state index contributed by atoms with van der Waals surface area (Å²) >= 11 is 0. The van der Waals surface area contributed by atoms with Gasteiger partial charge in [0.15, 0.2) is 0 Å². The Hall–Kier alpha value is -0.870. The fourth-order valence-corrected chi connectivity index (χ4v) is 2.25. The van der Waals surface area contributed by atoms with Crippen molar-refractivity contribution in [2.45, 2.75) is 52.1 Å². The van der Waals surface area contributed by atoms with Crippen molar-refractivity contribution in [3.05, 3.63) is 18.0 Å². The number of likely N-dealkylation sites (N-methyl/N-ethyl adjacent to an activating group) is 1. The summed E-state index contributed by atoms with van der Waals surface area (Å²) in [6, 6.07) is 0.637. The molecule has 0 aliphatic heterocycles. The number of hydrogen-bond donors (Lipinski definition) is 1. The highest BCUT2D eigenvalue weighted by molar-refractivity contribution is 5.02. The highest BCUT2D eigenvalue weighted by atomic mass is 15.2. The van der Waals surface area contributed by atoms with Crippen molar-refractivity contribution in [3.8, 4) is 0 Å². The van der Waals surface area contributed by atoms with Crippen molar-refractivity contribution in [1.29, 1.82) is 0 Å². The topological polar surface area (TPSA) is 33.1 Å². The van der Waals surface area contributed by atoms with E-state index >= 15 is 0 Å². The van der Waals surface area contributed by atoms with E-state index in [4.69, 9.17) is 0 Å². The Kier molecular flexibility index (Phi) is 7.75. The van der Waals surface area contributed by atoms with E-state index < -0.39 is 0 Å². The predicted octanol–water partition coefficient (Wildman–Crippen LogP) is 2.41. The smallest absolute Gasteiger partial charge is 0.0534 e. The van der Waals surface area contributed by atoms with Crippen LogP contribution < -0.4 is 5.32 Å². The fraction of sp³-hybridized carbons (Fsp3) is 0.800. The standard InChI is InChI=1S/C15H30N4/c1-5-6-7-8-14(2)16-9-10-18(3)12-15-11-17-19(4)13-15/h11,13-14,16H,5-10,12H2,1-4H3. The molecule has 0 amide bonds. The Morgan fingerprint density at radius 2 is 2.21 bits per heavy atom. The zero-order chi connectivity index (χ0) is 14.1. The Labute approximate surface area is 118 Å². The molecule has 0 saturated carbocycles. The average Bonchev–Trinajstić information content (AvgIpc) is 2.75. The van der Waals surface area contributed by atoms with Crippen LogP contribution in [0, 0.1) is 0 Å².